The standard InChI is InChI=1S/C22H18F3NO5S/c1-31-16-10-12-17(13-11-16)32(29,30)26(14-15-6-3-2-4-7-15)20-18(21(27)28)8-5-9-19(20)22(23,24)25/h2-13H,14H2,1H3,(H,27,28). The van der Waals surface area contributed by atoms with Gasteiger partial charge in [-0.15, -0.1) is 0 Å². The van der Waals surface area contributed by atoms with E-state index in [4.69, 9.17) is 4.74 Å². The molecule has 3 aromatic rings. The lowest BCUT2D eigenvalue weighted by Crippen LogP contribution is -2.34. The number of carbonyl (C=O) groups is 1. The number of alkyl halides is 3. The molecule has 0 radical (unpaired) electrons. The van der Waals surface area contributed by atoms with Crippen LogP contribution >= 0.6 is 0 Å². The Morgan fingerprint density at radius 3 is 2.12 bits per heavy atom. The maximum Gasteiger partial charge on any atom is 0.418 e. The quantitative estimate of drug-likeness (QED) is 0.542. The Morgan fingerprint density at radius 1 is 0.969 bits per heavy atom. The molecule has 0 aromatic heterocycles. The highest BCUT2D eigenvalue weighted by Gasteiger charge is 2.40. The number of nitrogens with zero attached hydrogens (tertiary/aromatic N) is 1. The fourth-order valence-corrected chi connectivity index (χ4v) is 4.61. The predicted molar refractivity (Wildman–Crippen MR) is 111 cm³/mol. The molecule has 1 N–H and O–H groups in total. The molecule has 0 aliphatic rings. The largest absolute Gasteiger partial charge is 0.497 e. The Kier molecular flexibility index (Phi) is 6.45. The summed E-state index contributed by atoms with van der Waals surface area (Å²) in [6.45, 7) is -0.511. The fraction of sp³-hybridized carbons (Fsp3) is 0.136. The molecule has 0 atom stereocenters. The molecule has 0 bridgehead atoms. The third kappa shape index (κ3) is 4.70. The number of benzene rings is 3. The van der Waals surface area contributed by atoms with E-state index in [1.807, 2.05) is 0 Å². The number of methoxy groups -OCH3 is 1. The first-order chi connectivity index (χ1) is 15.1. The fourth-order valence-electron chi connectivity index (χ4n) is 3.12. The first-order valence-corrected chi connectivity index (χ1v) is 10.6. The summed E-state index contributed by atoms with van der Waals surface area (Å²) in [7, 11) is -3.22. The monoisotopic (exact) mass is 465 g/mol. The molecule has 10 heteroatoms. The second-order valence-corrected chi connectivity index (χ2v) is 8.54. The molecule has 32 heavy (non-hydrogen) atoms. The minimum absolute atomic E-state index is 0.317. The van der Waals surface area contributed by atoms with Crippen LogP contribution in [0.15, 0.2) is 77.7 Å². The van der Waals surface area contributed by atoms with Crippen LogP contribution in [0.3, 0.4) is 0 Å². The molecule has 168 valence electrons. The molecule has 0 unspecified atom stereocenters. The van der Waals surface area contributed by atoms with Crippen LogP contribution in [0.4, 0.5) is 18.9 Å². The number of carboxylic acids is 1. The SMILES string of the molecule is COc1ccc(S(=O)(=O)N(Cc2ccccc2)c2c(C(=O)O)cccc2C(F)(F)F)cc1. The average Bonchev–Trinajstić information content (AvgIpc) is 2.77. The summed E-state index contributed by atoms with van der Waals surface area (Å²) in [5.74, 6) is -1.34. The number of rotatable bonds is 7. The number of para-hydroxylation sites is 1. The third-order valence-electron chi connectivity index (χ3n) is 4.64. The first kappa shape index (κ1) is 23.1. The van der Waals surface area contributed by atoms with Gasteiger partial charge in [0.2, 0.25) is 0 Å². The number of anilines is 1. The summed E-state index contributed by atoms with van der Waals surface area (Å²) in [5, 5.41) is 9.57. The number of sulfonamides is 1. The van der Waals surface area contributed by atoms with E-state index in [-0.39, 0.29) is 4.90 Å². The molecule has 3 aromatic carbocycles. The molecular weight excluding hydrogens is 447 g/mol. The number of aromatic carboxylic acids is 1. The Balaban J connectivity index is 2.30. The third-order valence-corrected chi connectivity index (χ3v) is 6.40. The minimum atomic E-state index is -4.99. The highest BCUT2D eigenvalue weighted by Crippen LogP contribution is 2.41. The Bertz CT molecular complexity index is 1210. The van der Waals surface area contributed by atoms with E-state index >= 15 is 0 Å². The first-order valence-electron chi connectivity index (χ1n) is 9.20. The summed E-state index contributed by atoms with van der Waals surface area (Å²) in [6.07, 6.45) is -4.99. The van der Waals surface area contributed by atoms with Crippen molar-refractivity contribution in [2.24, 2.45) is 0 Å². The Labute approximate surface area is 182 Å². The van der Waals surface area contributed by atoms with E-state index < -0.39 is 45.5 Å². The van der Waals surface area contributed by atoms with Crippen LogP contribution in [0.5, 0.6) is 5.75 Å². The zero-order chi connectivity index (χ0) is 23.5. The van der Waals surface area contributed by atoms with Gasteiger partial charge < -0.3 is 9.84 Å². The van der Waals surface area contributed by atoms with Gasteiger partial charge in [0.25, 0.3) is 10.0 Å². The highest BCUT2D eigenvalue weighted by atomic mass is 32.2. The summed E-state index contributed by atoms with van der Waals surface area (Å²) >= 11 is 0. The number of hydrogen-bond acceptors (Lipinski definition) is 4. The number of halogens is 3. The molecular formula is C22H18F3NO5S. The second-order valence-electron chi connectivity index (χ2n) is 6.68. The molecule has 0 saturated heterocycles. The van der Waals surface area contributed by atoms with Crippen LogP contribution in [0.2, 0.25) is 0 Å². The Morgan fingerprint density at radius 2 is 1.59 bits per heavy atom. The lowest BCUT2D eigenvalue weighted by molar-refractivity contribution is -0.137. The molecule has 0 fully saturated rings. The summed E-state index contributed by atoms with van der Waals surface area (Å²) in [6, 6.07) is 15.5. The van der Waals surface area contributed by atoms with Crippen molar-refractivity contribution in [2.45, 2.75) is 17.6 Å². The van der Waals surface area contributed by atoms with Gasteiger partial charge in [-0.3, -0.25) is 4.31 Å². The van der Waals surface area contributed by atoms with E-state index in [9.17, 15) is 31.5 Å². The molecule has 3 rings (SSSR count). The van der Waals surface area contributed by atoms with Crippen LogP contribution in [0.1, 0.15) is 21.5 Å². The van der Waals surface area contributed by atoms with Crippen LogP contribution in [-0.4, -0.2) is 26.6 Å². The lowest BCUT2D eigenvalue weighted by Gasteiger charge is -2.29. The highest BCUT2D eigenvalue weighted by molar-refractivity contribution is 7.92. The molecule has 0 saturated carbocycles. The summed E-state index contributed by atoms with van der Waals surface area (Å²) in [4.78, 5) is 11.5. The van der Waals surface area contributed by atoms with Crippen molar-refractivity contribution in [1.82, 2.24) is 0 Å². The van der Waals surface area contributed by atoms with Crippen molar-refractivity contribution in [2.75, 3.05) is 11.4 Å². The van der Waals surface area contributed by atoms with Gasteiger partial charge in [-0.25, -0.2) is 13.2 Å². The Hall–Kier alpha value is -3.53. The van der Waals surface area contributed by atoms with Gasteiger partial charge in [0.15, 0.2) is 0 Å². The predicted octanol–water partition coefficient (Wildman–Crippen LogP) is 4.81. The van der Waals surface area contributed by atoms with E-state index in [2.05, 4.69) is 0 Å². The van der Waals surface area contributed by atoms with Gasteiger partial charge in [0, 0.05) is 0 Å². The van der Waals surface area contributed by atoms with Gasteiger partial charge in [0.05, 0.1) is 35.4 Å². The topological polar surface area (TPSA) is 83.9 Å². The van der Waals surface area contributed by atoms with E-state index in [0.29, 0.717) is 21.7 Å². The lowest BCUT2D eigenvalue weighted by atomic mass is 10.1. The van der Waals surface area contributed by atoms with Crippen LogP contribution < -0.4 is 9.04 Å². The van der Waals surface area contributed by atoms with Gasteiger partial charge in [0.1, 0.15) is 5.75 Å². The van der Waals surface area contributed by atoms with E-state index in [0.717, 1.165) is 12.1 Å². The maximum absolute atomic E-state index is 13.8. The molecule has 0 spiro atoms. The zero-order valence-corrected chi connectivity index (χ0v) is 17.5. The van der Waals surface area contributed by atoms with Crippen molar-refractivity contribution >= 4 is 21.7 Å². The molecule has 0 amide bonds. The van der Waals surface area contributed by atoms with Crippen molar-refractivity contribution in [1.29, 1.82) is 0 Å². The van der Waals surface area contributed by atoms with E-state index in [1.54, 1.807) is 18.2 Å². The van der Waals surface area contributed by atoms with Gasteiger partial charge in [-0.1, -0.05) is 36.4 Å². The molecule has 0 aliphatic heterocycles. The zero-order valence-electron chi connectivity index (χ0n) is 16.7. The molecule has 6 nitrogen and oxygen atoms in total. The van der Waals surface area contributed by atoms with Gasteiger partial charge in [-0.2, -0.15) is 13.2 Å². The number of hydrogen-bond donors (Lipinski definition) is 1. The van der Waals surface area contributed by atoms with Crippen LogP contribution in [0.25, 0.3) is 0 Å². The normalized spacial score (nSPS) is 11.8. The smallest absolute Gasteiger partial charge is 0.418 e. The minimum Gasteiger partial charge on any atom is -0.497 e. The average molecular weight is 465 g/mol. The van der Waals surface area contributed by atoms with E-state index in [1.165, 1.54) is 43.5 Å². The van der Waals surface area contributed by atoms with Crippen molar-refractivity contribution in [3.8, 4) is 5.75 Å². The summed E-state index contributed by atoms with van der Waals surface area (Å²) in [5.41, 5.74) is -2.73. The van der Waals surface area contributed by atoms with Crippen molar-refractivity contribution < 1.29 is 36.2 Å². The molecule has 0 heterocycles. The molecule has 0 aliphatic carbocycles. The van der Waals surface area contributed by atoms with Gasteiger partial charge >= 0.3 is 12.1 Å². The van der Waals surface area contributed by atoms with Crippen molar-refractivity contribution in [3.63, 3.8) is 0 Å². The number of carboxylic acid groups (broad SMARTS) is 1. The maximum atomic E-state index is 13.8. The van der Waals surface area contributed by atoms with Crippen LogP contribution in [0, 0.1) is 0 Å². The second kappa shape index (κ2) is 8.91. The van der Waals surface area contributed by atoms with Crippen LogP contribution in [-0.2, 0) is 22.7 Å². The van der Waals surface area contributed by atoms with Gasteiger partial charge in [-0.05, 0) is 42.0 Å². The number of ether oxygens (including phenoxy) is 1. The summed E-state index contributed by atoms with van der Waals surface area (Å²) < 4.78 is 74.1. The van der Waals surface area contributed by atoms with Crippen molar-refractivity contribution in [3.05, 3.63) is 89.5 Å².